The third-order valence-electron chi connectivity index (χ3n) is 1.68. The van der Waals surface area contributed by atoms with Crippen molar-refractivity contribution in [2.45, 2.75) is 32.8 Å². The second-order valence-corrected chi connectivity index (χ2v) is 4.53. The zero-order valence-electron chi connectivity index (χ0n) is 10.2. The highest BCUT2D eigenvalue weighted by molar-refractivity contribution is 5.69. The number of ether oxygens (including phenoxy) is 2. The molecule has 0 amide bonds. The van der Waals surface area contributed by atoms with Crippen LogP contribution < -0.4 is 4.74 Å². The van der Waals surface area contributed by atoms with E-state index in [-0.39, 0.29) is 12.4 Å². The number of hydrogen-bond donors (Lipinski definition) is 0. The maximum atomic E-state index is 11.3. The quantitative estimate of drug-likeness (QED) is 0.731. The van der Waals surface area contributed by atoms with Crippen molar-refractivity contribution in [3.05, 3.63) is 12.4 Å². The van der Waals surface area contributed by atoms with Crippen LogP contribution in [0.4, 0.5) is 0 Å². The van der Waals surface area contributed by atoms with E-state index in [1.165, 1.54) is 0 Å². The molecule has 0 atom stereocenters. The molecule has 0 saturated carbocycles. The Bertz CT molecular complexity index is 352. The molecule has 1 heterocycles. The average Bonchev–Trinajstić information content (AvgIpc) is 2.48. The summed E-state index contributed by atoms with van der Waals surface area (Å²) in [7, 11) is 1.81. The fraction of sp³-hybridized carbons (Fsp3) is 0.636. The van der Waals surface area contributed by atoms with Crippen molar-refractivity contribution in [1.29, 1.82) is 0 Å². The zero-order valence-corrected chi connectivity index (χ0v) is 10.2. The van der Waals surface area contributed by atoms with Gasteiger partial charge in [0, 0.05) is 7.05 Å². The molecule has 0 aromatic carbocycles. The minimum atomic E-state index is -0.439. The van der Waals surface area contributed by atoms with Gasteiger partial charge in [0.05, 0.1) is 25.4 Å². The first-order chi connectivity index (χ1) is 7.37. The smallest absolute Gasteiger partial charge is 0.309 e. The van der Waals surface area contributed by atoms with Gasteiger partial charge in [-0.2, -0.15) is 5.10 Å². The third kappa shape index (κ3) is 4.82. The predicted molar refractivity (Wildman–Crippen MR) is 59.2 cm³/mol. The molecule has 0 bridgehead atoms. The van der Waals surface area contributed by atoms with Gasteiger partial charge in [-0.25, -0.2) is 0 Å². The van der Waals surface area contributed by atoms with Crippen LogP contribution >= 0.6 is 0 Å². The largest absolute Gasteiger partial charge is 0.490 e. The highest BCUT2D eigenvalue weighted by Gasteiger charge is 2.15. The summed E-state index contributed by atoms with van der Waals surface area (Å²) in [6.45, 7) is 5.83. The summed E-state index contributed by atoms with van der Waals surface area (Å²) in [5, 5.41) is 3.95. The predicted octanol–water partition coefficient (Wildman–Crippen LogP) is 1.53. The number of nitrogens with zero attached hydrogens (tertiary/aromatic N) is 2. The molecule has 0 aliphatic carbocycles. The van der Waals surface area contributed by atoms with Crippen molar-refractivity contribution in [2.75, 3.05) is 6.61 Å². The average molecular weight is 226 g/mol. The molecule has 5 nitrogen and oxygen atoms in total. The van der Waals surface area contributed by atoms with Gasteiger partial charge < -0.3 is 9.47 Å². The Labute approximate surface area is 95.3 Å². The number of aromatic nitrogens is 2. The van der Waals surface area contributed by atoms with Crippen LogP contribution in [0.15, 0.2) is 12.4 Å². The first-order valence-electron chi connectivity index (χ1n) is 5.20. The van der Waals surface area contributed by atoms with E-state index >= 15 is 0 Å². The van der Waals surface area contributed by atoms with E-state index in [0.717, 1.165) is 0 Å². The minimum Gasteiger partial charge on any atom is -0.490 e. The summed E-state index contributed by atoms with van der Waals surface area (Å²) in [5.74, 6) is 0.405. The Morgan fingerprint density at radius 3 is 2.69 bits per heavy atom. The van der Waals surface area contributed by atoms with Gasteiger partial charge in [-0.15, -0.1) is 0 Å². The molecule has 0 radical (unpaired) electrons. The zero-order chi connectivity index (χ0) is 12.2. The molecular formula is C11H18N2O3. The number of carbonyl (C=O) groups excluding carboxylic acids is 1. The van der Waals surface area contributed by atoms with Crippen LogP contribution in [0, 0.1) is 0 Å². The number of rotatable bonds is 4. The lowest BCUT2D eigenvalue weighted by molar-refractivity contribution is -0.155. The summed E-state index contributed by atoms with van der Waals surface area (Å²) in [5.41, 5.74) is -0.439. The van der Waals surface area contributed by atoms with Crippen molar-refractivity contribution in [3.63, 3.8) is 0 Å². The van der Waals surface area contributed by atoms with E-state index in [9.17, 15) is 4.79 Å². The van der Waals surface area contributed by atoms with E-state index in [0.29, 0.717) is 12.4 Å². The number of hydrogen-bond acceptors (Lipinski definition) is 4. The highest BCUT2D eigenvalue weighted by Crippen LogP contribution is 2.10. The SMILES string of the molecule is Cn1cc(OCCC(=O)OC(C)(C)C)cn1. The van der Waals surface area contributed by atoms with Crippen molar-refractivity contribution in [1.82, 2.24) is 9.78 Å². The Balaban J connectivity index is 2.23. The molecular weight excluding hydrogens is 208 g/mol. The van der Waals surface area contributed by atoms with Gasteiger partial charge in [0.1, 0.15) is 5.60 Å². The summed E-state index contributed by atoms with van der Waals surface area (Å²) in [4.78, 5) is 11.3. The Morgan fingerprint density at radius 2 is 2.19 bits per heavy atom. The molecule has 90 valence electrons. The van der Waals surface area contributed by atoms with Gasteiger partial charge in [0.15, 0.2) is 5.75 Å². The van der Waals surface area contributed by atoms with Crippen LogP contribution in [0.1, 0.15) is 27.2 Å². The van der Waals surface area contributed by atoms with Gasteiger partial charge in [-0.05, 0) is 20.8 Å². The number of aryl methyl sites for hydroxylation is 1. The molecule has 1 aromatic rings. The summed E-state index contributed by atoms with van der Waals surface area (Å²) in [6.07, 6.45) is 3.59. The monoisotopic (exact) mass is 226 g/mol. The molecule has 0 spiro atoms. The van der Waals surface area contributed by atoms with Gasteiger partial charge in [0.2, 0.25) is 0 Å². The highest BCUT2D eigenvalue weighted by atomic mass is 16.6. The maximum Gasteiger partial charge on any atom is 0.309 e. The van der Waals surface area contributed by atoms with Crippen molar-refractivity contribution in [2.24, 2.45) is 7.05 Å². The van der Waals surface area contributed by atoms with E-state index in [1.54, 1.807) is 24.1 Å². The Morgan fingerprint density at radius 1 is 1.50 bits per heavy atom. The molecule has 1 aromatic heterocycles. The van der Waals surface area contributed by atoms with Crippen LogP contribution in [0.3, 0.4) is 0 Å². The molecule has 0 saturated heterocycles. The second-order valence-electron chi connectivity index (χ2n) is 4.53. The molecule has 0 unspecified atom stereocenters. The maximum absolute atomic E-state index is 11.3. The molecule has 5 heteroatoms. The third-order valence-corrected chi connectivity index (χ3v) is 1.68. The lowest BCUT2D eigenvalue weighted by Crippen LogP contribution is -2.24. The minimum absolute atomic E-state index is 0.242. The summed E-state index contributed by atoms with van der Waals surface area (Å²) in [6, 6.07) is 0. The molecule has 1 rings (SSSR count). The van der Waals surface area contributed by atoms with Crippen molar-refractivity contribution >= 4 is 5.97 Å². The molecule has 0 fully saturated rings. The standard InChI is InChI=1S/C11H18N2O3/c1-11(2,3)16-10(14)5-6-15-9-7-12-13(4)8-9/h7-8H,5-6H2,1-4H3. The van der Waals surface area contributed by atoms with Gasteiger partial charge in [-0.3, -0.25) is 9.48 Å². The van der Waals surface area contributed by atoms with E-state index < -0.39 is 5.60 Å². The van der Waals surface area contributed by atoms with Crippen LogP contribution in [0.25, 0.3) is 0 Å². The first-order valence-corrected chi connectivity index (χ1v) is 5.20. The lowest BCUT2D eigenvalue weighted by atomic mass is 10.2. The number of esters is 1. The normalized spacial score (nSPS) is 11.2. The molecule has 0 aliphatic heterocycles. The fourth-order valence-electron chi connectivity index (χ4n) is 1.12. The number of carbonyl (C=O) groups is 1. The van der Waals surface area contributed by atoms with E-state index in [4.69, 9.17) is 9.47 Å². The summed E-state index contributed by atoms with van der Waals surface area (Å²) >= 11 is 0. The first kappa shape index (κ1) is 12.5. The summed E-state index contributed by atoms with van der Waals surface area (Å²) < 4.78 is 12.1. The molecule has 0 aliphatic rings. The van der Waals surface area contributed by atoms with Crippen molar-refractivity contribution < 1.29 is 14.3 Å². The van der Waals surface area contributed by atoms with Crippen LogP contribution in [-0.2, 0) is 16.6 Å². The molecule has 0 N–H and O–H groups in total. The van der Waals surface area contributed by atoms with Gasteiger partial charge in [-0.1, -0.05) is 0 Å². The second kappa shape index (κ2) is 5.01. The topological polar surface area (TPSA) is 53.4 Å². The van der Waals surface area contributed by atoms with E-state index in [2.05, 4.69) is 5.10 Å². The van der Waals surface area contributed by atoms with Gasteiger partial charge in [0.25, 0.3) is 0 Å². The van der Waals surface area contributed by atoms with Gasteiger partial charge >= 0.3 is 5.97 Å². The van der Waals surface area contributed by atoms with Crippen LogP contribution in [0.2, 0.25) is 0 Å². The Kier molecular flexibility index (Phi) is 3.93. The van der Waals surface area contributed by atoms with E-state index in [1.807, 2.05) is 20.8 Å². The van der Waals surface area contributed by atoms with Crippen LogP contribution in [0.5, 0.6) is 5.75 Å². The van der Waals surface area contributed by atoms with Crippen molar-refractivity contribution in [3.8, 4) is 5.75 Å². The van der Waals surface area contributed by atoms with Crippen LogP contribution in [-0.4, -0.2) is 28.0 Å². The fourth-order valence-corrected chi connectivity index (χ4v) is 1.12. The lowest BCUT2D eigenvalue weighted by Gasteiger charge is -2.19. The molecule has 16 heavy (non-hydrogen) atoms. The Hall–Kier alpha value is -1.52.